The molecule has 110 valence electrons. The Hall–Kier alpha value is -2.21. The van der Waals surface area contributed by atoms with Crippen molar-refractivity contribution in [3.8, 4) is 11.3 Å². The molecule has 0 bridgehead atoms. The molecule has 6 heteroatoms. The predicted octanol–water partition coefficient (Wildman–Crippen LogP) is 2.17. The van der Waals surface area contributed by atoms with E-state index in [4.69, 9.17) is 4.74 Å². The van der Waals surface area contributed by atoms with E-state index in [0.29, 0.717) is 5.95 Å². The minimum atomic E-state index is 0.278. The number of pyridine rings is 1. The van der Waals surface area contributed by atoms with E-state index in [1.54, 1.807) is 12.4 Å². The van der Waals surface area contributed by atoms with Crippen LogP contribution in [0.3, 0.4) is 0 Å². The summed E-state index contributed by atoms with van der Waals surface area (Å²) in [5.74, 6) is 1.38. The van der Waals surface area contributed by atoms with Crippen molar-refractivity contribution < 1.29 is 4.74 Å². The standard InChI is InChI=1S/C15H19N5O/c1-16-15-19-13(11-4-2-6-17-9-11)8-14(20-15)18-10-12-5-3-7-21-12/h2,4,6,8-9,12H,3,5,7,10H2,1H3,(H2,16,18,19,20)/t12-/m0/s1. The van der Waals surface area contributed by atoms with Gasteiger partial charge in [0, 0.05) is 44.2 Å². The Kier molecular flexibility index (Phi) is 4.25. The Balaban J connectivity index is 1.79. The molecule has 0 unspecified atom stereocenters. The largest absolute Gasteiger partial charge is 0.376 e. The summed E-state index contributed by atoms with van der Waals surface area (Å²) in [5, 5.41) is 6.33. The molecule has 2 aromatic heterocycles. The maximum Gasteiger partial charge on any atom is 0.224 e. The summed E-state index contributed by atoms with van der Waals surface area (Å²) in [6.45, 7) is 1.63. The third-order valence-electron chi connectivity index (χ3n) is 3.44. The average Bonchev–Trinajstić information content (AvgIpc) is 3.07. The maximum atomic E-state index is 5.61. The molecule has 21 heavy (non-hydrogen) atoms. The highest BCUT2D eigenvalue weighted by molar-refractivity contribution is 5.63. The number of rotatable bonds is 5. The van der Waals surface area contributed by atoms with Crippen LogP contribution < -0.4 is 10.6 Å². The lowest BCUT2D eigenvalue weighted by atomic mass is 10.2. The smallest absolute Gasteiger partial charge is 0.224 e. The van der Waals surface area contributed by atoms with Crippen molar-refractivity contribution in [2.24, 2.45) is 0 Å². The summed E-state index contributed by atoms with van der Waals surface area (Å²) in [5.41, 5.74) is 1.81. The second-order valence-electron chi connectivity index (χ2n) is 4.97. The Morgan fingerprint density at radius 2 is 2.33 bits per heavy atom. The van der Waals surface area contributed by atoms with E-state index in [1.165, 1.54) is 0 Å². The lowest BCUT2D eigenvalue weighted by molar-refractivity contribution is 0.120. The Labute approximate surface area is 124 Å². The van der Waals surface area contributed by atoms with Crippen LogP contribution in [0.1, 0.15) is 12.8 Å². The van der Waals surface area contributed by atoms with Crippen LogP contribution in [0.25, 0.3) is 11.3 Å². The number of nitrogens with one attached hydrogen (secondary N) is 2. The first-order valence-corrected chi connectivity index (χ1v) is 7.18. The highest BCUT2D eigenvalue weighted by Crippen LogP contribution is 2.21. The zero-order chi connectivity index (χ0) is 14.5. The molecule has 1 saturated heterocycles. The molecule has 0 aliphatic carbocycles. The van der Waals surface area contributed by atoms with Gasteiger partial charge < -0.3 is 15.4 Å². The second kappa shape index (κ2) is 6.49. The van der Waals surface area contributed by atoms with Crippen LogP contribution in [0, 0.1) is 0 Å². The van der Waals surface area contributed by atoms with Crippen molar-refractivity contribution in [2.75, 3.05) is 30.8 Å². The van der Waals surface area contributed by atoms with Gasteiger partial charge in [0.15, 0.2) is 0 Å². The van der Waals surface area contributed by atoms with Crippen LogP contribution in [0.15, 0.2) is 30.6 Å². The van der Waals surface area contributed by atoms with Crippen molar-refractivity contribution >= 4 is 11.8 Å². The fourth-order valence-electron chi connectivity index (χ4n) is 2.34. The molecule has 0 saturated carbocycles. The van der Waals surface area contributed by atoms with Gasteiger partial charge in [-0.15, -0.1) is 0 Å². The van der Waals surface area contributed by atoms with E-state index in [1.807, 2.05) is 25.2 Å². The Morgan fingerprint density at radius 1 is 1.38 bits per heavy atom. The number of nitrogens with zero attached hydrogens (tertiary/aromatic N) is 3. The number of ether oxygens (including phenoxy) is 1. The van der Waals surface area contributed by atoms with Crippen molar-refractivity contribution in [2.45, 2.75) is 18.9 Å². The van der Waals surface area contributed by atoms with Gasteiger partial charge in [0.1, 0.15) is 5.82 Å². The zero-order valence-electron chi connectivity index (χ0n) is 12.0. The molecule has 0 amide bonds. The van der Waals surface area contributed by atoms with Gasteiger partial charge in [0.2, 0.25) is 5.95 Å². The van der Waals surface area contributed by atoms with Crippen LogP contribution >= 0.6 is 0 Å². The first-order chi connectivity index (χ1) is 10.3. The van der Waals surface area contributed by atoms with Gasteiger partial charge in [-0.2, -0.15) is 4.98 Å². The fourth-order valence-corrected chi connectivity index (χ4v) is 2.34. The van der Waals surface area contributed by atoms with Crippen molar-refractivity contribution in [1.82, 2.24) is 15.0 Å². The summed E-state index contributed by atoms with van der Waals surface area (Å²) in [6.07, 6.45) is 6.07. The average molecular weight is 285 g/mol. The van der Waals surface area contributed by atoms with E-state index in [0.717, 1.165) is 43.1 Å². The molecule has 6 nitrogen and oxygen atoms in total. The monoisotopic (exact) mass is 285 g/mol. The predicted molar refractivity (Wildman–Crippen MR) is 82.3 cm³/mol. The van der Waals surface area contributed by atoms with Crippen molar-refractivity contribution in [1.29, 1.82) is 0 Å². The van der Waals surface area contributed by atoms with Gasteiger partial charge in [-0.1, -0.05) is 0 Å². The lowest BCUT2D eigenvalue weighted by Crippen LogP contribution is -2.19. The molecular formula is C15H19N5O. The molecule has 3 heterocycles. The third kappa shape index (κ3) is 3.46. The molecule has 0 radical (unpaired) electrons. The van der Waals surface area contributed by atoms with Gasteiger partial charge in [0.25, 0.3) is 0 Å². The number of anilines is 2. The maximum absolute atomic E-state index is 5.61. The van der Waals surface area contributed by atoms with Gasteiger partial charge in [-0.05, 0) is 25.0 Å². The number of aromatic nitrogens is 3. The van der Waals surface area contributed by atoms with E-state index in [-0.39, 0.29) is 6.10 Å². The van der Waals surface area contributed by atoms with Crippen LogP contribution in [0.4, 0.5) is 11.8 Å². The van der Waals surface area contributed by atoms with Crippen molar-refractivity contribution in [3.63, 3.8) is 0 Å². The van der Waals surface area contributed by atoms with Gasteiger partial charge >= 0.3 is 0 Å². The molecule has 0 spiro atoms. The molecule has 2 N–H and O–H groups in total. The van der Waals surface area contributed by atoms with E-state index < -0.39 is 0 Å². The summed E-state index contributed by atoms with van der Waals surface area (Å²) in [7, 11) is 1.81. The van der Waals surface area contributed by atoms with Gasteiger partial charge in [-0.3, -0.25) is 4.98 Å². The first-order valence-electron chi connectivity index (χ1n) is 7.18. The highest BCUT2D eigenvalue weighted by Gasteiger charge is 2.15. The molecule has 1 aliphatic rings. The normalized spacial score (nSPS) is 17.7. The fraction of sp³-hybridized carbons (Fsp3) is 0.400. The second-order valence-corrected chi connectivity index (χ2v) is 4.97. The van der Waals surface area contributed by atoms with Crippen molar-refractivity contribution in [3.05, 3.63) is 30.6 Å². The summed E-state index contributed by atoms with van der Waals surface area (Å²) >= 11 is 0. The molecule has 2 aromatic rings. The van der Waals surface area contributed by atoms with Crippen LogP contribution in [0.5, 0.6) is 0 Å². The third-order valence-corrected chi connectivity index (χ3v) is 3.44. The first kappa shape index (κ1) is 13.8. The topological polar surface area (TPSA) is 72.0 Å². The molecule has 1 aliphatic heterocycles. The minimum absolute atomic E-state index is 0.278. The van der Waals surface area contributed by atoms with Crippen LogP contribution in [-0.2, 0) is 4.74 Å². The summed E-state index contributed by atoms with van der Waals surface area (Å²) < 4.78 is 5.61. The van der Waals surface area contributed by atoms with Crippen LogP contribution in [-0.4, -0.2) is 41.3 Å². The molecule has 3 rings (SSSR count). The van der Waals surface area contributed by atoms with Gasteiger partial charge in [-0.25, -0.2) is 4.98 Å². The lowest BCUT2D eigenvalue weighted by Gasteiger charge is -2.13. The number of hydrogen-bond donors (Lipinski definition) is 2. The highest BCUT2D eigenvalue weighted by atomic mass is 16.5. The summed E-state index contributed by atoms with van der Waals surface area (Å²) in [4.78, 5) is 13.0. The van der Waals surface area contributed by atoms with Gasteiger partial charge in [0.05, 0.1) is 11.8 Å². The Morgan fingerprint density at radius 3 is 3.05 bits per heavy atom. The van der Waals surface area contributed by atoms with E-state index in [2.05, 4.69) is 25.6 Å². The molecule has 1 fully saturated rings. The summed E-state index contributed by atoms with van der Waals surface area (Å²) in [6, 6.07) is 5.82. The molecule has 0 aromatic carbocycles. The van der Waals surface area contributed by atoms with Crippen LogP contribution in [0.2, 0.25) is 0 Å². The minimum Gasteiger partial charge on any atom is -0.376 e. The quantitative estimate of drug-likeness (QED) is 0.877. The van der Waals surface area contributed by atoms with E-state index >= 15 is 0 Å². The molecule has 1 atom stereocenters. The zero-order valence-corrected chi connectivity index (χ0v) is 12.0. The number of hydrogen-bond acceptors (Lipinski definition) is 6. The Bertz CT molecular complexity index is 584. The SMILES string of the molecule is CNc1nc(NC[C@@H]2CCCO2)cc(-c2cccnc2)n1. The van der Waals surface area contributed by atoms with E-state index in [9.17, 15) is 0 Å². The molecular weight excluding hydrogens is 266 g/mol.